The van der Waals surface area contributed by atoms with Gasteiger partial charge in [0.1, 0.15) is 18.1 Å². The number of nitrogens with zero attached hydrogens (tertiary/aromatic N) is 1. The molecule has 6 heteroatoms. The lowest BCUT2D eigenvalue weighted by Gasteiger charge is -2.09. The Bertz CT molecular complexity index is 933. The highest BCUT2D eigenvalue weighted by atomic mass is 16.5. The van der Waals surface area contributed by atoms with E-state index in [0.29, 0.717) is 19.6 Å². The highest BCUT2D eigenvalue weighted by molar-refractivity contribution is 5.94. The Morgan fingerprint density at radius 3 is 2.96 bits per heavy atom. The van der Waals surface area contributed by atoms with E-state index >= 15 is 0 Å². The summed E-state index contributed by atoms with van der Waals surface area (Å²) in [5, 5.41) is 11.3. The number of benzene rings is 2. The predicted molar refractivity (Wildman–Crippen MR) is 94.6 cm³/mol. The molecule has 0 atom stereocenters. The first-order valence-electron chi connectivity index (χ1n) is 8.31. The van der Waals surface area contributed by atoms with E-state index in [4.69, 9.17) is 9.47 Å². The molecular weight excluding hydrogens is 318 g/mol. The molecule has 128 valence electrons. The summed E-state index contributed by atoms with van der Waals surface area (Å²) in [6.45, 7) is 3.28. The third kappa shape index (κ3) is 3.28. The van der Waals surface area contributed by atoms with E-state index in [9.17, 15) is 4.79 Å². The van der Waals surface area contributed by atoms with Gasteiger partial charge in [0.25, 0.3) is 0 Å². The minimum atomic E-state index is -0.416. The highest BCUT2D eigenvalue weighted by Crippen LogP contribution is 2.30. The number of fused-ring (bicyclic) bond motifs is 4. The molecule has 0 unspecified atom stereocenters. The molecule has 1 aliphatic rings. The Balaban J connectivity index is 1.81. The molecule has 1 aromatic heterocycles. The normalized spacial score (nSPS) is 15.0. The molecule has 0 saturated heterocycles. The molecule has 6 nitrogen and oxygen atoms in total. The molecule has 3 aromatic rings. The summed E-state index contributed by atoms with van der Waals surface area (Å²) in [6.07, 6.45) is 0.291. The maximum Gasteiger partial charge on any atom is 0.407 e. The molecular formula is C19H19N3O3. The van der Waals surface area contributed by atoms with Gasteiger partial charge in [-0.15, -0.1) is 0 Å². The van der Waals surface area contributed by atoms with Gasteiger partial charge in [0.05, 0.1) is 12.1 Å². The van der Waals surface area contributed by atoms with Gasteiger partial charge in [-0.05, 0) is 49.2 Å². The molecule has 0 aliphatic carbocycles. The first-order valence-corrected chi connectivity index (χ1v) is 8.31. The van der Waals surface area contributed by atoms with Crippen LogP contribution in [0.25, 0.3) is 22.2 Å². The Morgan fingerprint density at radius 1 is 1.12 bits per heavy atom. The quantitative estimate of drug-likeness (QED) is 0.658. The van der Waals surface area contributed by atoms with Crippen LogP contribution < -0.4 is 10.1 Å². The highest BCUT2D eigenvalue weighted by Gasteiger charge is 2.12. The van der Waals surface area contributed by atoms with Crippen molar-refractivity contribution >= 4 is 17.0 Å². The Hall–Kier alpha value is -3.02. The van der Waals surface area contributed by atoms with Gasteiger partial charge in [0.15, 0.2) is 0 Å². The van der Waals surface area contributed by atoms with Crippen molar-refractivity contribution in [2.45, 2.75) is 20.0 Å². The number of aromatic nitrogens is 2. The number of carbonyl (C=O) groups excluding carboxylic acids is 1. The van der Waals surface area contributed by atoms with Crippen molar-refractivity contribution < 1.29 is 14.3 Å². The first-order chi connectivity index (χ1) is 12.2. The number of amides is 1. The molecule has 2 aromatic carbocycles. The summed E-state index contributed by atoms with van der Waals surface area (Å²) < 4.78 is 11.1. The smallest absolute Gasteiger partial charge is 0.407 e. The van der Waals surface area contributed by atoms with Crippen LogP contribution in [0.4, 0.5) is 4.79 Å². The molecule has 1 amide bonds. The monoisotopic (exact) mass is 337 g/mol. The average molecular weight is 337 g/mol. The van der Waals surface area contributed by atoms with E-state index in [1.165, 1.54) is 0 Å². The van der Waals surface area contributed by atoms with Crippen molar-refractivity contribution in [3.8, 4) is 17.0 Å². The molecule has 0 radical (unpaired) electrons. The number of alkyl carbamates (subject to hydrolysis) is 1. The number of nitrogens with one attached hydrogen (secondary N) is 2. The lowest BCUT2D eigenvalue weighted by Crippen LogP contribution is -2.26. The first kappa shape index (κ1) is 15.5. The summed E-state index contributed by atoms with van der Waals surface area (Å²) in [5.41, 5.74) is 4.83. The van der Waals surface area contributed by atoms with Crippen molar-refractivity contribution in [2.24, 2.45) is 0 Å². The zero-order valence-corrected chi connectivity index (χ0v) is 14.0. The Morgan fingerprint density at radius 2 is 2.04 bits per heavy atom. The summed E-state index contributed by atoms with van der Waals surface area (Å²) in [6, 6.07) is 12.0. The van der Waals surface area contributed by atoms with Crippen molar-refractivity contribution in [3.63, 3.8) is 0 Å². The van der Waals surface area contributed by atoms with E-state index in [0.717, 1.165) is 39.0 Å². The molecule has 2 heterocycles. The average Bonchev–Trinajstić information content (AvgIpc) is 3.02. The fourth-order valence-electron chi connectivity index (χ4n) is 3.04. The topological polar surface area (TPSA) is 76.2 Å². The largest absolute Gasteiger partial charge is 0.494 e. The third-order valence-electron chi connectivity index (χ3n) is 4.17. The lowest BCUT2D eigenvalue weighted by molar-refractivity contribution is 0.139. The standard InChI is InChI=1S/C19H19N3O3/c1-12-7-13-9-14(8-12)18-16-10-15(3-4-17(16)21-22-18)24-6-2-5-20-19(23)25-11-13/h3-4,7-10H,2,5-6,11H2,1H3,(H,20,23)(H,21,22). The van der Waals surface area contributed by atoms with Crippen LogP contribution in [0.15, 0.2) is 36.4 Å². The van der Waals surface area contributed by atoms with Crippen LogP contribution in [0.2, 0.25) is 0 Å². The fraction of sp³-hybridized carbons (Fsp3) is 0.263. The number of cyclic esters (lactones) is 1. The second-order valence-electron chi connectivity index (χ2n) is 6.19. The van der Waals surface area contributed by atoms with Crippen molar-refractivity contribution in [1.82, 2.24) is 15.5 Å². The van der Waals surface area contributed by atoms with Gasteiger partial charge in [-0.25, -0.2) is 4.79 Å². The number of carbonyl (C=O) groups is 1. The Kier molecular flexibility index (Phi) is 4.01. The van der Waals surface area contributed by atoms with E-state index in [1.54, 1.807) is 0 Å². The zero-order valence-electron chi connectivity index (χ0n) is 14.0. The van der Waals surface area contributed by atoms with E-state index in [2.05, 4.69) is 21.6 Å². The number of H-pyrrole nitrogens is 1. The van der Waals surface area contributed by atoms with E-state index in [1.807, 2.05) is 37.3 Å². The van der Waals surface area contributed by atoms with Crippen LogP contribution in [-0.2, 0) is 11.3 Å². The van der Waals surface area contributed by atoms with Gasteiger partial charge >= 0.3 is 6.09 Å². The molecule has 4 rings (SSSR count). The molecule has 0 fully saturated rings. The zero-order chi connectivity index (χ0) is 17.2. The lowest BCUT2D eigenvalue weighted by atomic mass is 10.0. The second kappa shape index (κ2) is 6.47. The SMILES string of the molecule is Cc1cc2cc(c1)-c1n[nH]c3ccc(cc13)OCCCNC(=O)OC2. The fourth-order valence-corrected chi connectivity index (χ4v) is 3.04. The maximum atomic E-state index is 11.8. The number of ether oxygens (including phenoxy) is 2. The number of aryl methyl sites for hydroxylation is 1. The second-order valence-corrected chi connectivity index (χ2v) is 6.19. The van der Waals surface area contributed by atoms with Gasteiger partial charge < -0.3 is 14.8 Å². The van der Waals surface area contributed by atoms with Gasteiger partial charge in [-0.2, -0.15) is 5.10 Å². The van der Waals surface area contributed by atoms with Gasteiger partial charge in [0.2, 0.25) is 0 Å². The summed E-state index contributed by atoms with van der Waals surface area (Å²) in [5.74, 6) is 0.792. The van der Waals surface area contributed by atoms with Crippen LogP contribution in [0.5, 0.6) is 5.75 Å². The minimum absolute atomic E-state index is 0.227. The van der Waals surface area contributed by atoms with Crippen molar-refractivity contribution in [1.29, 1.82) is 0 Å². The van der Waals surface area contributed by atoms with Crippen LogP contribution >= 0.6 is 0 Å². The molecule has 25 heavy (non-hydrogen) atoms. The van der Waals surface area contributed by atoms with Crippen LogP contribution in [-0.4, -0.2) is 29.4 Å². The van der Waals surface area contributed by atoms with Crippen molar-refractivity contribution in [2.75, 3.05) is 13.2 Å². The number of aromatic amines is 1. The van der Waals surface area contributed by atoms with E-state index in [-0.39, 0.29) is 6.61 Å². The van der Waals surface area contributed by atoms with Crippen LogP contribution in [0.1, 0.15) is 17.5 Å². The number of rotatable bonds is 0. The molecule has 0 saturated carbocycles. The predicted octanol–water partition coefficient (Wildman–Crippen LogP) is 3.55. The van der Waals surface area contributed by atoms with Gasteiger partial charge in [-0.3, -0.25) is 5.10 Å². The van der Waals surface area contributed by atoms with Crippen LogP contribution in [0, 0.1) is 6.92 Å². The third-order valence-corrected chi connectivity index (χ3v) is 4.17. The summed E-state index contributed by atoms with van der Waals surface area (Å²) in [4.78, 5) is 11.8. The molecule has 2 N–H and O–H groups in total. The Labute approximate surface area is 145 Å². The maximum absolute atomic E-state index is 11.8. The van der Waals surface area contributed by atoms with Gasteiger partial charge in [-0.1, -0.05) is 11.6 Å². The summed E-state index contributed by atoms with van der Waals surface area (Å²) >= 11 is 0. The number of hydrogen-bond acceptors (Lipinski definition) is 4. The minimum Gasteiger partial charge on any atom is -0.494 e. The molecule has 1 aliphatic heterocycles. The molecule has 4 bridgehead atoms. The van der Waals surface area contributed by atoms with Gasteiger partial charge in [0, 0.05) is 17.5 Å². The number of hydrogen-bond donors (Lipinski definition) is 2. The van der Waals surface area contributed by atoms with Crippen molar-refractivity contribution in [3.05, 3.63) is 47.5 Å². The van der Waals surface area contributed by atoms with Crippen LogP contribution in [0.3, 0.4) is 0 Å². The van der Waals surface area contributed by atoms with E-state index < -0.39 is 6.09 Å². The summed E-state index contributed by atoms with van der Waals surface area (Å²) in [7, 11) is 0. The molecule has 0 spiro atoms.